The summed E-state index contributed by atoms with van der Waals surface area (Å²) < 4.78 is 49.5. The van der Waals surface area contributed by atoms with Crippen molar-refractivity contribution in [3.63, 3.8) is 0 Å². The molecule has 36 heavy (non-hydrogen) atoms. The third-order valence-electron chi connectivity index (χ3n) is 5.25. The molecule has 1 aromatic heterocycles. The highest BCUT2D eigenvalue weighted by Crippen LogP contribution is 2.40. The fourth-order valence-electron chi connectivity index (χ4n) is 3.45. The van der Waals surface area contributed by atoms with E-state index in [0.29, 0.717) is 4.57 Å². The Labute approximate surface area is 206 Å². The molecule has 0 saturated carbocycles. The maximum Gasteiger partial charge on any atom is 0.664 e. The number of aliphatic hydroxyl groups is 1. The van der Waals surface area contributed by atoms with Gasteiger partial charge >= 0.3 is 19.8 Å². The van der Waals surface area contributed by atoms with Gasteiger partial charge in [-0.2, -0.15) is 0 Å². The largest absolute Gasteiger partial charge is 0.664 e. The van der Waals surface area contributed by atoms with E-state index < -0.39 is 55.5 Å². The second-order valence-electron chi connectivity index (χ2n) is 8.58. The summed E-state index contributed by atoms with van der Waals surface area (Å²) in [6, 6.07) is 6.14. The fraction of sp³-hybridized carbons (Fsp3) is 0.500. The molecule has 0 radical (unpaired) electrons. The van der Waals surface area contributed by atoms with Crippen molar-refractivity contribution >= 4 is 14.1 Å². The van der Waals surface area contributed by atoms with Crippen molar-refractivity contribution in [1.29, 1.82) is 0 Å². The molecule has 3 rings (SSSR count). The van der Waals surface area contributed by atoms with E-state index in [1.165, 1.54) is 25.1 Å². The molecule has 0 aliphatic carbocycles. The highest BCUT2D eigenvalue weighted by molar-refractivity contribution is 7.37. The number of H-pyrrole nitrogens is 1. The van der Waals surface area contributed by atoms with E-state index in [4.69, 9.17) is 18.7 Å². The monoisotopic (exact) mass is 528 g/mol. The number of hydrogen-bond donors (Lipinski definition) is 3. The molecule has 2 aromatic rings. The number of carbonyl (C=O) groups excluding carboxylic acids is 1. The van der Waals surface area contributed by atoms with Crippen LogP contribution in [0.4, 0.5) is 4.39 Å². The van der Waals surface area contributed by atoms with Gasteiger partial charge in [0.05, 0.1) is 6.10 Å². The van der Waals surface area contributed by atoms with Gasteiger partial charge in [0.2, 0.25) is 0 Å². The predicted molar refractivity (Wildman–Crippen MR) is 125 cm³/mol. The first kappa shape index (κ1) is 27.5. The predicted octanol–water partition coefficient (Wildman–Crippen LogP) is 1.57. The van der Waals surface area contributed by atoms with Crippen LogP contribution in [0.1, 0.15) is 33.9 Å². The van der Waals surface area contributed by atoms with Crippen molar-refractivity contribution < 1.29 is 37.6 Å². The number of esters is 1. The summed E-state index contributed by atoms with van der Waals surface area (Å²) in [5.74, 6) is -0.214. The van der Waals surface area contributed by atoms with Crippen LogP contribution >= 0.6 is 8.18 Å². The number of carbonyl (C=O) groups is 1. The lowest BCUT2D eigenvalue weighted by Gasteiger charge is -2.24. The highest BCUT2D eigenvalue weighted by Gasteiger charge is 2.56. The van der Waals surface area contributed by atoms with Gasteiger partial charge in [0.15, 0.2) is 17.6 Å². The lowest BCUT2D eigenvalue weighted by atomic mass is 9.98. The summed E-state index contributed by atoms with van der Waals surface area (Å²) in [6.45, 7) is 5.56. The van der Waals surface area contributed by atoms with Gasteiger partial charge in [-0.15, -0.1) is 0 Å². The molecule has 1 aliphatic rings. The molecule has 2 heterocycles. The number of hydrogen-bond acceptors (Lipinski definition) is 9. The molecule has 0 amide bonds. The number of aliphatic hydroxyl groups excluding tert-OH is 1. The van der Waals surface area contributed by atoms with Crippen molar-refractivity contribution in [2.45, 2.75) is 63.9 Å². The van der Waals surface area contributed by atoms with Gasteiger partial charge in [-0.3, -0.25) is 9.59 Å². The first-order chi connectivity index (χ1) is 16.9. The maximum atomic E-state index is 15.3. The van der Waals surface area contributed by atoms with Crippen LogP contribution in [0.5, 0.6) is 11.5 Å². The van der Waals surface area contributed by atoms with E-state index in [1.54, 1.807) is 19.9 Å². The summed E-state index contributed by atoms with van der Waals surface area (Å²) in [4.78, 5) is 38.3. The molecule has 1 aliphatic heterocycles. The van der Waals surface area contributed by atoms with Gasteiger partial charge in [-0.1, -0.05) is 11.2 Å². The molecular formula is C22H28FN3O9P+. The average molecular weight is 528 g/mol. The zero-order valence-corrected chi connectivity index (χ0v) is 20.9. The molecule has 12 nitrogen and oxygen atoms in total. The second kappa shape index (κ2) is 11.3. The molecule has 14 heteroatoms. The van der Waals surface area contributed by atoms with Gasteiger partial charge < -0.3 is 24.3 Å². The minimum Gasteiger partial charge on any atom is -0.491 e. The molecule has 3 N–H and O–H groups in total. The van der Waals surface area contributed by atoms with Crippen molar-refractivity contribution in [1.82, 2.24) is 14.6 Å². The quantitative estimate of drug-likeness (QED) is 0.305. The molecule has 1 unspecified atom stereocenters. The zero-order valence-electron chi connectivity index (χ0n) is 20.0. The highest BCUT2D eigenvalue weighted by atomic mass is 31.1. The number of halogens is 1. The minimum absolute atomic E-state index is 0.147. The smallest absolute Gasteiger partial charge is 0.491 e. The molecular weight excluding hydrogens is 500 g/mol. The van der Waals surface area contributed by atoms with Crippen LogP contribution in [0, 0.1) is 0 Å². The van der Waals surface area contributed by atoms with Crippen LogP contribution in [0.15, 0.2) is 46.1 Å². The summed E-state index contributed by atoms with van der Waals surface area (Å²) in [5, 5.41) is 12.9. The van der Waals surface area contributed by atoms with Crippen LogP contribution in [0.25, 0.3) is 0 Å². The number of rotatable bonds is 10. The number of nitrogens with one attached hydrogen (secondary N) is 2. The Morgan fingerprint density at radius 1 is 1.31 bits per heavy atom. The molecule has 1 aromatic carbocycles. The number of alkyl halides is 1. The maximum absolute atomic E-state index is 15.3. The third kappa shape index (κ3) is 6.35. The summed E-state index contributed by atoms with van der Waals surface area (Å²) in [5.41, 5.74) is -4.14. The van der Waals surface area contributed by atoms with E-state index in [0.717, 1.165) is 19.2 Å². The van der Waals surface area contributed by atoms with E-state index >= 15 is 4.39 Å². The van der Waals surface area contributed by atoms with Crippen LogP contribution in [0.2, 0.25) is 0 Å². The second-order valence-corrected chi connectivity index (χ2v) is 9.54. The molecule has 0 spiro atoms. The Morgan fingerprint density at radius 3 is 2.67 bits per heavy atom. The normalized spacial score (nSPS) is 24.9. The van der Waals surface area contributed by atoms with Gasteiger partial charge in [0.1, 0.15) is 30.6 Å². The van der Waals surface area contributed by atoms with Crippen molar-refractivity contribution in [3.05, 3.63) is 57.4 Å². The SMILES string of the molecule is CC(C)OC(=O)[C@H](C)N[P+](=O)Oc1cccc(OC[C@H]2O[C@@H](n3c(=O)cc[nH]c3=O)[C@](C)(F)[C@@H]2O)c1. The molecule has 6 atom stereocenters. The first-order valence-electron chi connectivity index (χ1n) is 11.1. The van der Waals surface area contributed by atoms with Crippen molar-refractivity contribution in [2.75, 3.05) is 6.61 Å². The van der Waals surface area contributed by atoms with Crippen LogP contribution in [0.3, 0.4) is 0 Å². The van der Waals surface area contributed by atoms with E-state index in [1.807, 2.05) is 0 Å². The van der Waals surface area contributed by atoms with Crippen LogP contribution in [-0.4, -0.2) is 57.3 Å². The van der Waals surface area contributed by atoms with Crippen LogP contribution in [-0.2, 0) is 18.8 Å². The number of aromatic nitrogens is 2. The van der Waals surface area contributed by atoms with Crippen molar-refractivity contribution in [3.8, 4) is 11.5 Å². The van der Waals surface area contributed by atoms with Crippen molar-refractivity contribution in [2.24, 2.45) is 0 Å². The topological polar surface area (TPSA) is 158 Å². The number of nitrogens with zero attached hydrogens (tertiary/aromatic N) is 1. The Morgan fingerprint density at radius 2 is 2.00 bits per heavy atom. The third-order valence-corrected chi connectivity index (χ3v) is 6.23. The summed E-state index contributed by atoms with van der Waals surface area (Å²) in [6.07, 6.45) is -3.80. The summed E-state index contributed by atoms with van der Waals surface area (Å²) >= 11 is 0. The standard InChI is InChI=1S/C22H27FN3O9P/c1-12(2)33-19(29)13(3)25-36(31)35-15-7-5-6-14(10-15)32-11-16-18(28)22(4,23)20(34-16)26-17(27)8-9-24-21(26)30/h5-10,12-13,16,18,20,28H,11H2,1-4H3,(H-,24,25,27,30,31)/p+1/t13-,16+,18+,20+,22+/m0/s1. The van der Waals surface area contributed by atoms with Crippen LogP contribution < -0.4 is 25.6 Å². The average Bonchev–Trinajstić information content (AvgIpc) is 3.01. The Bertz CT molecular complexity index is 1190. The first-order valence-corrected chi connectivity index (χ1v) is 12.2. The summed E-state index contributed by atoms with van der Waals surface area (Å²) in [7, 11) is -2.48. The van der Waals surface area contributed by atoms with E-state index in [9.17, 15) is 24.1 Å². The van der Waals surface area contributed by atoms with Gasteiger partial charge in [0.25, 0.3) is 5.56 Å². The Balaban J connectivity index is 1.62. The fourth-order valence-corrected chi connectivity index (χ4v) is 4.23. The number of aromatic amines is 1. The lowest BCUT2D eigenvalue weighted by molar-refractivity contribution is -0.148. The zero-order chi connectivity index (χ0) is 26.6. The molecule has 1 saturated heterocycles. The Hall–Kier alpha value is -3.12. The van der Waals surface area contributed by atoms with E-state index in [-0.39, 0.29) is 24.2 Å². The number of benzene rings is 1. The van der Waals surface area contributed by atoms with E-state index in [2.05, 4.69) is 10.1 Å². The van der Waals surface area contributed by atoms with Gasteiger partial charge in [-0.25, -0.2) is 18.3 Å². The van der Waals surface area contributed by atoms with Gasteiger partial charge in [-0.05, 0) is 39.8 Å². The minimum atomic E-state index is -2.48. The Kier molecular flexibility index (Phi) is 8.62. The lowest BCUT2D eigenvalue weighted by Crippen LogP contribution is -2.46. The number of ether oxygens (including phenoxy) is 3. The molecule has 0 bridgehead atoms. The molecule has 196 valence electrons. The molecule has 1 fully saturated rings. The van der Waals surface area contributed by atoms with Gasteiger partial charge in [0, 0.05) is 22.9 Å².